The fourth-order valence-corrected chi connectivity index (χ4v) is 3.26. The lowest BCUT2D eigenvalue weighted by Gasteiger charge is -2.31. The summed E-state index contributed by atoms with van der Waals surface area (Å²) in [7, 11) is 1.61. The maximum absolute atomic E-state index is 10.7. The van der Waals surface area contributed by atoms with Gasteiger partial charge >= 0.3 is 0 Å². The zero-order valence-corrected chi connectivity index (χ0v) is 13.9. The van der Waals surface area contributed by atoms with Crippen molar-refractivity contribution >= 4 is 5.76 Å². The second kappa shape index (κ2) is 7.31. The van der Waals surface area contributed by atoms with Gasteiger partial charge in [-0.25, -0.2) is 5.01 Å². The molecule has 0 aromatic heterocycles. The molecule has 126 valence electrons. The average molecular weight is 318 g/mol. The number of hydrogen-bond acceptors (Lipinski definition) is 6. The Morgan fingerprint density at radius 3 is 2.65 bits per heavy atom. The van der Waals surface area contributed by atoms with Crippen molar-refractivity contribution in [2.45, 2.75) is 13.0 Å². The number of methoxy groups -OCH3 is 1. The predicted molar refractivity (Wildman–Crippen MR) is 90.9 cm³/mol. The van der Waals surface area contributed by atoms with Crippen molar-refractivity contribution in [3.63, 3.8) is 0 Å². The van der Waals surface area contributed by atoms with Crippen LogP contribution in [0.5, 0.6) is 0 Å². The van der Waals surface area contributed by atoms with Crippen LogP contribution < -0.4 is 16.1 Å². The number of aliphatic hydroxyl groups is 1. The molecule has 23 heavy (non-hydrogen) atoms. The third-order valence-electron chi connectivity index (χ3n) is 4.38. The van der Waals surface area contributed by atoms with Crippen molar-refractivity contribution in [2.24, 2.45) is 0 Å². The fraction of sp³-hybridized carbons (Fsp3) is 0.529. The van der Waals surface area contributed by atoms with Crippen molar-refractivity contribution in [1.29, 1.82) is 0 Å². The van der Waals surface area contributed by atoms with Crippen LogP contribution in [0.25, 0.3) is 5.76 Å². The molecule has 4 N–H and O–H groups in total. The standard InChI is InChI=1S/C17H26N4O2/c1-12-3-4-13-14(11-12)17(23-2)16(22)15(13)21-10-9-19-6-5-18-7-8-20-21/h3-4,11,15,18-20,22H,5-10H2,1-2H3. The molecule has 6 heteroatoms. The Morgan fingerprint density at radius 1 is 1.13 bits per heavy atom. The number of aryl methyl sites for hydroxylation is 1. The highest BCUT2D eigenvalue weighted by atomic mass is 16.5. The number of nitrogens with zero attached hydrogens (tertiary/aromatic N) is 1. The summed E-state index contributed by atoms with van der Waals surface area (Å²) in [6, 6.07) is 6.04. The van der Waals surface area contributed by atoms with Gasteiger partial charge in [-0.05, 0) is 18.6 Å². The lowest BCUT2D eigenvalue weighted by molar-refractivity contribution is 0.114. The number of ether oxygens (including phenoxy) is 1. The molecule has 2 aliphatic rings. The summed E-state index contributed by atoms with van der Waals surface area (Å²) in [5.74, 6) is 0.865. The Kier molecular flexibility index (Phi) is 5.17. The fourth-order valence-electron chi connectivity index (χ4n) is 3.26. The van der Waals surface area contributed by atoms with Gasteiger partial charge in [-0.2, -0.15) is 0 Å². The van der Waals surface area contributed by atoms with Gasteiger partial charge in [-0.15, -0.1) is 0 Å². The van der Waals surface area contributed by atoms with Crippen LogP contribution in [0, 0.1) is 6.92 Å². The smallest absolute Gasteiger partial charge is 0.165 e. The lowest BCUT2D eigenvalue weighted by atomic mass is 10.0. The number of hydrogen-bond donors (Lipinski definition) is 4. The van der Waals surface area contributed by atoms with Crippen LogP contribution in [0.1, 0.15) is 22.7 Å². The van der Waals surface area contributed by atoms with Gasteiger partial charge in [-0.1, -0.05) is 17.7 Å². The van der Waals surface area contributed by atoms with Crippen LogP contribution in [0.3, 0.4) is 0 Å². The van der Waals surface area contributed by atoms with Crippen molar-refractivity contribution in [3.05, 3.63) is 40.6 Å². The van der Waals surface area contributed by atoms with Crippen LogP contribution in [0.2, 0.25) is 0 Å². The van der Waals surface area contributed by atoms with Crippen molar-refractivity contribution in [3.8, 4) is 0 Å². The third-order valence-corrected chi connectivity index (χ3v) is 4.38. The van der Waals surface area contributed by atoms with E-state index in [-0.39, 0.29) is 11.8 Å². The largest absolute Gasteiger partial charge is 0.507 e. The van der Waals surface area contributed by atoms with Crippen molar-refractivity contribution in [2.75, 3.05) is 46.4 Å². The zero-order valence-electron chi connectivity index (χ0n) is 13.9. The van der Waals surface area contributed by atoms with E-state index in [1.807, 2.05) is 0 Å². The monoisotopic (exact) mass is 318 g/mol. The van der Waals surface area contributed by atoms with E-state index in [9.17, 15) is 5.11 Å². The summed E-state index contributed by atoms with van der Waals surface area (Å²) in [6.07, 6.45) is 0. The molecule has 0 amide bonds. The highest BCUT2D eigenvalue weighted by Crippen LogP contribution is 2.42. The summed E-state index contributed by atoms with van der Waals surface area (Å²) >= 11 is 0. The molecule has 3 rings (SSSR count). The quantitative estimate of drug-likeness (QED) is 0.650. The normalized spacial score (nSPS) is 23.7. The van der Waals surface area contributed by atoms with Gasteiger partial charge in [0.2, 0.25) is 0 Å². The Bertz CT molecular complexity index is 578. The molecular weight excluding hydrogens is 292 g/mol. The minimum Gasteiger partial charge on any atom is -0.507 e. The molecule has 1 fully saturated rings. The number of aliphatic hydroxyl groups excluding tert-OH is 1. The number of benzene rings is 1. The highest BCUT2D eigenvalue weighted by Gasteiger charge is 2.36. The maximum Gasteiger partial charge on any atom is 0.165 e. The van der Waals surface area contributed by atoms with E-state index in [1.165, 1.54) is 0 Å². The molecule has 0 radical (unpaired) electrons. The molecule has 1 aromatic rings. The van der Waals surface area contributed by atoms with Crippen molar-refractivity contribution in [1.82, 2.24) is 21.1 Å². The number of rotatable bonds is 2. The molecular formula is C17H26N4O2. The van der Waals surface area contributed by atoms with Gasteiger partial charge in [0.05, 0.1) is 7.11 Å². The minimum absolute atomic E-state index is 0.207. The summed E-state index contributed by atoms with van der Waals surface area (Å²) < 4.78 is 5.47. The maximum atomic E-state index is 10.7. The Labute approximate surface area is 137 Å². The van der Waals surface area contributed by atoms with E-state index < -0.39 is 0 Å². The van der Waals surface area contributed by atoms with E-state index in [0.717, 1.165) is 56.0 Å². The first-order chi connectivity index (χ1) is 11.2. The van der Waals surface area contributed by atoms with E-state index in [0.29, 0.717) is 5.76 Å². The van der Waals surface area contributed by atoms with Gasteiger partial charge in [0, 0.05) is 44.8 Å². The third kappa shape index (κ3) is 3.35. The van der Waals surface area contributed by atoms with Crippen LogP contribution in [0.4, 0.5) is 0 Å². The molecule has 0 spiro atoms. The molecule has 1 saturated heterocycles. The van der Waals surface area contributed by atoms with Crippen LogP contribution in [-0.2, 0) is 4.74 Å². The first-order valence-electron chi connectivity index (χ1n) is 8.22. The first-order valence-corrected chi connectivity index (χ1v) is 8.22. The first kappa shape index (κ1) is 16.3. The summed E-state index contributed by atoms with van der Waals surface area (Å²) in [5.41, 5.74) is 6.67. The minimum atomic E-state index is -0.207. The summed E-state index contributed by atoms with van der Waals surface area (Å²) in [6.45, 7) is 7.38. The molecule has 1 aromatic carbocycles. The molecule has 1 unspecified atom stereocenters. The Hall–Kier alpha value is -1.60. The molecule has 1 atom stereocenters. The van der Waals surface area contributed by atoms with Crippen molar-refractivity contribution < 1.29 is 9.84 Å². The molecule has 0 bridgehead atoms. The Morgan fingerprint density at radius 2 is 1.87 bits per heavy atom. The Balaban J connectivity index is 1.89. The lowest BCUT2D eigenvalue weighted by Crippen LogP contribution is -2.49. The van der Waals surface area contributed by atoms with Gasteiger partial charge in [0.25, 0.3) is 0 Å². The molecule has 1 aliphatic carbocycles. The van der Waals surface area contributed by atoms with Gasteiger partial charge in [-0.3, -0.25) is 5.43 Å². The molecule has 1 aliphatic heterocycles. The van der Waals surface area contributed by atoms with Gasteiger partial charge < -0.3 is 20.5 Å². The predicted octanol–water partition coefficient (Wildman–Crippen LogP) is 0.922. The van der Waals surface area contributed by atoms with E-state index in [1.54, 1.807) is 7.11 Å². The average Bonchev–Trinajstić information content (AvgIpc) is 2.83. The summed E-state index contributed by atoms with van der Waals surface area (Å²) in [5, 5.41) is 19.6. The second-order valence-corrected chi connectivity index (χ2v) is 6.01. The SMILES string of the molecule is COC1=C(O)C(N2CCNCCNCCN2)c2ccc(C)cc21. The topological polar surface area (TPSA) is 68.8 Å². The highest BCUT2D eigenvalue weighted by molar-refractivity contribution is 5.72. The van der Waals surface area contributed by atoms with Crippen LogP contribution in [-0.4, -0.2) is 56.5 Å². The summed E-state index contributed by atoms with van der Waals surface area (Å²) in [4.78, 5) is 0. The molecule has 0 saturated carbocycles. The molecule has 1 heterocycles. The number of nitrogens with one attached hydrogen (secondary N) is 3. The number of hydrazine groups is 1. The van der Waals surface area contributed by atoms with Gasteiger partial charge in [0.1, 0.15) is 6.04 Å². The zero-order chi connectivity index (χ0) is 16.2. The second-order valence-electron chi connectivity index (χ2n) is 6.01. The number of fused-ring (bicyclic) bond motifs is 1. The van der Waals surface area contributed by atoms with Crippen LogP contribution >= 0.6 is 0 Å². The van der Waals surface area contributed by atoms with E-state index >= 15 is 0 Å². The van der Waals surface area contributed by atoms with Crippen LogP contribution in [0.15, 0.2) is 24.0 Å². The molecule has 6 nitrogen and oxygen atoms in total. The van der Waals surface area contributed by atoms with Gasteiger partial charge in [0.15, 0.2) is 11.5 Å². The van der Waals surface area contributed by atoms with E-state index in [4.69, 9.17) is 4.74 Å². The van der Waals surface area contributed by atoms with E-state index in [2.05, 4.69) is 46.2 Å².